The maximum atomic E-state index is 12.7. The molecule has 2 amide bonds. The van der Waals surface area contributed by atoms with E-state index in [-0.39, 0.29) is 18.4 Å². The first-order chi connectivity index (χ1) is 14.0. The molecule has 1 fully saturated rings. The average Bonchev–Trinajstić information content (AvgIpc) is 3.29. The van der Waals surface area contributed by atoms with Crippen molar-refractivity contribution in [3.63, 3.8) is 0 Å². The molecule has 0 atom stereocenters. The topological polar surface area (TPSA) is 85.5 Å². The molecule has 29 heavy (non-hydrogen) atoms. The quantitative estimate of drug-likeness (QED) is 0.721. The van der Waals surface area contributed by atoms with E-state index in [4.69, 9.17) is 4.74 Å². The second-order valence-corrected chi connectivity index (χ2v) is 7.71. The molecule has 0 radical (unpaired) electrons. The summed E-state index contributed by atoms with van der Waals surface area (Å²) in [4.78, 5) is 29.0. The SMILES string of the molecule is Cc1ccn(CC(=O)N2CCc3c(c(CCC(=O)N4CCOCC4)nn3C)C2)n1. The van der Waals surface area contributed by atoms with E-state index in [1.165, 1.54) is 0 Å². The number of hydrogen-bond donors (Lipinski definition) is 0. The third-order valence-electron chi connectivity index (χ3n) is 5.69. The molecule has 2 aromatic rings. The Hall–Kier alpha value is -2.68. The Morgan fingerprint density at radius 1 is 1.10 bits per heavy atom. The Morgan fingerprint density at radius 2 is 1.90 bits per heavy atom. The first kappa shape index (κ1) is 19.6. The van der Waals surface area contributed by atoms with Crippen LogP contribution in [0, 0.1) is 6.92 Å². The Kier molecular flexibility index (Phi) is 5.66. The largest absolute Gasteiger partial charge is 0.378 e. The van der Waals surface area contributed by atoms with Gasteiger partial charge in [0.25, 0.3) is 0 Å². The van der Waals surface area contributed by atoms with Crippen LogP contribution in [0.25, 0.3) is 0 Å². The van der Waals surface area contributed by atoms with Gasteiger partial charge in [0, 0.05) is 69.9 Å². The molecule has 9 nitrogen and oxygen atoms in total. The molecule has 0 saturated carbocycles. The number of morpholine rings is 1. The Morgan fingerprint density at radius 3 is 2.62 bits per heavy atom. The molecule has 0 bridgehead atoms. The van der Waals surface area contributed by atoms with E-state index >= 15 is 0 Å². The number of amides is 2. The molecule has 4 rings (SSSR count). The summed E-state index contributed by atoms with van der Waals surface area (Å²) in [7, 11) is 1.94. The van der Waals surface area contributed by atoms with Crippen LogP contribution in [0.15, 0.2) is 12.3 Å². The molecule has 2 aliphatic rings. The van der Waals surface area contributed by atoms with E-state index in [0.717, 1.165) is 29.1 Å². The summed E-state index contributed by atoms with van der Waals surface area (Å²) >= 11 is 0. The van der Waals surface area contributed by atoms with Crippen LogP contribution in [0.1, 0.15) is 29.1 Å². The number of rotatable bonds is 5. The lowest BCUT2D eigenvalue weighted by atomic mass is 10.0. The second-order valence-electron chi connectivity index (χ2n) is 7.71. The van der Waals surface area contributed by atoms with Crippen LogP contribution in [0.2, 0.25) is 0 Å². The van der Waals surface area contributed by atoms with Gasteiger partial charge in [0.05, 0.1) is 24.6 Å². The van der Waals surface area contributed by atoms with Crippen molar-refractivity contribution in [2.75, 3.05) is 32.8 Å². The standard InChI is InChI=1S/C20H28N6O3/c1-15-5-8-26(21-15)14-20(28)25-7-6-18-16(13-25)17(22-23(18)2)3-4-19(27)24-9-11-29-12-10-24/h5,8H,3-4,6-7,9-14H2,1-2H3. The molecule has 156 valence electrons. The lowest BCUT2D eigenvalue weighted by Crippen LogP contribution is -2.40. The highest BCUT2D eigenvalue weighted by atomic mass is 16.5. The Balaban J connectivity index is 1.40. The first-order valence-electron chi connectivity index (χ1n) is 10.2. The van der Waals surface area contributed by atoms with Crippen molar-refractivity contribution in [2.45, 2.75) is 39.3 Å². The van der Waals surface area contributed by atoms with Crippen LogP contribution >= 0.6 is 0 Å². The summed E-state index contributed by atoms with van der Waals surface area (Å²) < 4.78 is 8.90. The molecule has 0 unspecified atom stereocenters. The van der Waals surface area contributed by atoms with Crippen molar-refractivity contribution in [3.8, 4) is 0 Å². The highest BCUT2D eigenvalue weighted by molar-refractivity contribution is 5.77. The summed E-state index contributed by atoms with van der Waals surface area (Å²) in [6.45, 7) is 5.92. The Labute approximate surface area is 170 Å². The van der Waals surface area contributed by atoms with E-state index in [1.807, 2.05) is 40.7 Å². The molecule has 1 saturated heterocycles. The summed E-state index contributed by atoms with van der Waals surface area (Å²) in [5, 5.41) is 8.96. The third-order valence-corrected chi connectivity index (χ3v) is 5.69. The molecule has 2 aliphatic heterocycles. The van der Waals surface area contributed by atoms with Crippen LogP contribution in [-0.2, 0) is 47.3 Å². The van der Waals surface area contributed by atoms with E-state index < -0.39 is 0 Å². The van der Waals surface area contributed by atoms with Crippen molar-refractivity contribution in [1.82, 2.24) is 29.4 Å². The van der Waals surface area contributed by atoms with E-state index in [2.05, 4.69) is 10.2 Å². The van der Waals surface area contributed by atoms with Crippen molar-refractivity contribution in [2.24, 2.45) is 7.05 Å². The lowest BCUT2D eigenvalue weighted by molar-refractivity contribution is -0.135. The molecular weight excluding hydrogens is 372 g/mol. The van der Waals surface area contributed by atoms with Crippen LogP contribution in [0.3, 0.4) is 0 Å². The van der Waals surface area contributed by atoms with Gasteiger partial charge in [0.15, 0.2) is 0 Å². The van der Waals surface area contributed by atoms with Gasteiger partial charge in [-0.25, -0.2) is 0 Å². The van der Waals surface area contributed by atoms with Gasteiger partial charge in [0.1, 0.15) is 6.54 Å². The fraction of sp³-hybridized carbons (Fsp3) is 0.600. The lowest BCUT2D eigenvalue weighted by Gasteiger charge is -2.28. The van der Waals surface area contributed by atoms with Crippen molar-refractivity contribution in [1.29, 1.82) is 0 Å². The van der Waals surface area contributed by atoms with Crippen LogP contribution < -0.4 is 0 Å². The number of carbonyl (C=O) groups is 2. The predicted octanol–water partition coefficient (Wildman–Crippen LogP) is 0.301. The number of nitrogens with zero attached hydrogens (tertiary/aromatic N) is 6. The number of aromatic nitrogens is 4. The molecule has 4 heterocycles. The van der Waals surface area contributed by atoms with E-state index in [0.29, 0.717) is 52.2 Å². The zero-order valence-corrected chi connectivity index (χ0v) is 17.1. The van der Waals surface area contributed by atoms with Gasteiger partial charge >= 0.3 is 0 Å². The monoisotopic (exact) mass is 400 g/mol. The summed E-state index contributed by atoms with van der Waals surface area (Å²) in [5.41, 5.74) is 4.09. The van der Waals surface area contributed by atoms with Crippen LogP contribution in [-0.4, -0.2) is 74.0 Å². The average molecular weight is 400 g/mol. The van der Waals surface area contributed by atoms with Crippen molar-refractivity contribution < 1.29 is 14.3 Å². The predicted molar refractivity (Wildman–Crippen MR) is 105 cm³/mol. The molecule has 0 aliphatic carbocycles. The van der Waals surface area contributed by atoms with Gasteiger partial charge in [-0.1, -0.05) is 0 Å². The molecule has 2 aromatic heterocycles. The minimum atomic E-state index is 0.0537. The van der Waals surface area contributed by atoms with Crippen LogP contribution in [0.4, 0.5) is 0 Å². The zero-order valence-electron chi connectivity index (χ0n) is 17.1. The Bertz CT molecular complexity index is 896. The minimum Gasteiger partial charge on any atom is -0.378 e. The van der Waals surface area contributed by atoms with Crippen LogP contribution in [0.5, 0.6) is 0 Å². The highest BCUT2D eigenvalue weighted by Gasteiger charge is 2.27. The minimum absolute atomic E-state index is 0.0537. The fourth-order valence-corrected chi connectivity index (χ4v) is 4.07. The third kappa shape index (κ3) is 4.34. The molecule has 0 spiro atoms. The number of aryl methyl sites for hydroxylation is 3. The molecule has 0 N–H and O–H groups in total. The van der Waals surface area contributed by atoms with Gasteiger partial charge in [-0.3, -0.25) is 19.0 Å². The number of carbonyl (C=O) groups excluding carboxylic acids is 2. The number of hydrogen-bond acceptors (Lipinski definition) is 5. The second kappa shape index (κ2) is 8.36. The first-order valence-corrected chi connectivity index (χ1v) is 10.2. The highest BCUT2D eigenvalue weighted by Crippen LogP contribution is 2.23. The van der Waals surface area contributed by atoms with Crippen molar-refractivity contribution in [3.05, 3.63) is 34.9 Å². The number of ether oxygens (including phenoxy) is 1. The summed E-state index contributed by atoms with van der Waals surface area (Å²) in [6, 6.07) is 1.90. The number of fused-ring (bicyclic) bond motifs is 1. The summed E-state index contributed by atoms with van der Waals surface area (Å²) in [6.07, 6.45) is 3.64. The summed E-state index contributed by atoms with van der Waals surface area (Å²) in [5.74, 6) is 0.198. The zero-order chi connectivity index (χ0) is 20.4. The molecule has 9 heteroatoms. The van der Waals surface area contributed by atoms with Crippen molar-refractivity contribution >= 4 is 11.8 Å². The van der Waals surface area contributed by atoms with E-state index in [9.17, 15) is 9.59 Å². The normalized spacial score (nSPS) is 16.8. The maximum absolute atomic E-state index is 12.7. The van der Waals surface area contributed by atoms with E-state index in [1.54, 1.807) is 4.68 Å². The smallest absolute Gasteiger partial charge is 0.244 e. The maximum Gasteiger partial charge on any atom is 0.244 e. The fourth-order valence-electron chi connectivity index (χ4n) is 4.07. The van der Waals surface area contributed by atoms with Gasteiger partial charge in [-0.05, 0) is 13.0 Å². The molecule has 0 aromatic carbocycles. The molecular formula is C20H28N6O3. The van der Waals surface area contributed by atoms with Gasteiger partial charge in [-0.2, -0.15) is 10.2 Å². The van der Waals surface area contributed by atoms with Gasteiger partial charge in [0.2, 0.25) is 11.8 Å². The van der Waals surface area contributed by atoms with Gasteiger partial charge in [-0.15, -0.1) is 0 Å². The van der Waals surface area contributed by atoms with Gasteiger partial charge < -0.3 is 14.5 Å².